The largest absolute Gasteiger partial charge is 1.00 e. The van der Waals surface area contributed by atoms with E-state index in [1.54, 1.807) is 28.4 Å². The minimum absolute atomic E-state index is 0. The number of fused-ring (bicyclic) bond motifs is 2. The number of ether oxygens (including phenoxy) is 4. The molecule has 2 aliphatic rings. The Labute approximate surface area is 375 Å². The fourth-order valence-electron chi connectivity index (χ4n) is 9.19. The molecule has 0 bridgehead atoms. The van der Waals surface area contributed by atoms with Gasteiger partial charge in [-0.3, -0.25) is 0 Å². The Bertz CT molecular complexity index is 2510. The van der Waals surface area contributed by atoms with Crippen molar-refractivity contribution in [1.29, 1.82) is 0 Å². The summed E-state index contributed by atoms with van der Waals surface area (Å²) in [5.74, 6) is 6.86. The Balaban J connectivity index is 0.00000302. The minimum atomic E-state index is -2.83. The summed E-state index contributed by atoms with van der Waals surface area (Å²) < 4.78 is 36.9. The van der Waals surface area contributed by atoms with Crippen LogP contribution < -0.4 is 43.8 Å². The molecule has 60 heavy (non-hydrogen) atoms. The van der Waals surface area contributed by atoms with Crippen molar-refractivity contribution < 1.29 is 73.0 Å². The number of allylic oxidation sites excluding steroid dienone is 2. The monoisotopic (exact) mass is 936 g/mol. The van der Waals surface area contributed by atoms with Gasteiger partial charge in [0.1, 0.15) is 0 Å². The van der Waals surface area contributed by atoms with Gasteiger partial charge in [-0.15, -0.1) is 0 Å². The van der Waals surface area contributed by atoms with E-state index in [4.69, 9.17) is 27.8 Å². The molecule has 2 unspecified atom stereocenters. The zero-order valence-electron chi connectivity index (χ0n) is 36.4. The van der Waals surface area contributed by atoms with Gasteiger partial charge in [0.15, 0.2) is 0 Å². The Morgan fingerprint density at radius 1 is 0.500 bits per heavy atom. The predicted octanol–water partition coefficient (Wildman–Crippen LogP) is 6.86. The van der Waals surface area contributed by atoms with Crippen LogP contribution in [0.15, 0.2) is 81.6 Å². The molecular formula is C50H52Cl2O6SiZr. The summed E-state index contributed by atoms with van der Waals surface area (Å²) in [6, 6.07) is 26.0. The summed E-state index contributed by atoms with van der Waals surface area (Å²) in [4.78, 5) is 0. The Hall–Kier alpha value is -4.20. The van der Waals surface area contributed by atoms with Crippen LogP contribution in [0, 0.1) is 41.5 Å². The molecule has 2 aliphatic carbocycles. The van der Waals surface area contributed by atoms with E-state index in [9.17, 15) is 0 Å². The number of rotatable bonds is 10. The van der Waals surface area contributed by atoms with Gasteiger partial charge in [-0.25, -0.2) is 0 Å². The number of methoxy groups -OCH3 is 4. The molecule has 0 radical (unpaired) electrons. The first kappa shape index (κ1) is 45.3. The average molecular weight is 939 g/mol. The van der Waals surface area contributed by atoms with Gasteiger partial charge >= 0.3 is 353 Å². The van der Waals surface area contributed by atoms with Gasteiger partial charge in [0.05, 0.1) is 0 Å². The van der Waals surface area contributed by atoms with Crippen LogP contribution in [-0.4, -0.2) is 33.9 Å². The van der Waals surface area contributed by atoms with Crippen molar-refractivity contribution in [3.8, 4) is 45.3 Å². The minimum Gasteiger partial charge on any atom is -1.00 e. The van der Waals surface area contributed by atoms with Crippen LogP contribution in [0.1, 0.15) is 74.8 Å². The quantitative estimate of drug-likeness (QED) is 0.140. The van der Waals surface area contributed by atoms with Gasteiger partial charge < -0.3 is 24.8 Å². The second-order valence-corrected chi connectivity index (χ2v) is 33.8. The van der Waals surface area contributed by atoms with E-state index in [0.29, 0.717) is 0 Å². The summed E-state index contributed by atoms with van der Waals surface area (Å²) in [6.45, 7) is 18.2. The molecule has 0 N–H and O–H groups in total. The topological polar surface area (TPSA) is 63.2 Å². The van der Waals surface area contributed by atoms with Gasteiger partial charge in [-0.1, -0.05) is 0 Å². The van der Waals surface area contributed by atoms with Crippen LogP contribution in [0.3, 0.4) is 0 Å². The predicted molar refractivity (Wildman–Crippen MR) is 235 cm³/mol. The molecule has 2 atom stereocenters. The smallest absolute Gasteiger partial charge is 1.00 e. The van der Waals surface area contributed by atoms with Gasteiger partial charge in [0.25, 0.3) is 0 Å². The fraction of sp³-hybridized carbons (Fsp3) is 0.280. The van der Waals surface area contributed by atoms with Gasteiger partial charge in [0.2, 0.25) is 0 Å². The molecule has 6 nitrogen and oxygen atoms in total. The van der Waals surface area contributed by atoms with Crippen LogP contribution in [-0.2, 0) is 20.4 Å². The molecule has 4 aromatic carbocycles. The molecule has 0 saturated heterocycles. The van der Waals surface area contributed by atoms with Crippen molar-refractivity contribution in [3.05, 3.63) is 140 Å². The van der Waals surface area contributed by atoms with Crippen molar-refractivity contribution in [2.24, 2.45) is 0 Å². The van der Waals surface area contributed by atoms with E-state index in [2.05, 4.69) is 114 Å². The third-order valence-corrected chi connectivity index (χ3v) is 31.4. The van der Waals surface area contributed by atoms with Crippen molar-refractivity contribution >= 4 is 28.7 Å². The first-order chi connectivity index (χ1) is 27.8. The van der Waals surface area contributed by atoms with Crippen molar-refractivity contribution in [2.45, 2.75) is 61.9 Å². The van der Waals surface area contributed by atoms with Crippen molar-refractivity contribution in [1.82, 2.24) is 0 Å². The second kappa shape index (κ2) is 18.0. The molecule has 0 aliphatic heterocycles. The summed E-state index contributed by atoms with van der Waals surface area (Å²) >= 11 is -2.83. The van der Waals surface area contributed by atoms with Crippen LogP contribution in [0.25, 0.3) is 45.6 Å². The Morgan fingerprint density at radius 2 is 0.850 bits per heavy atom. The molecule has 310 valence electrons. The van der Waals surface area contributed by atoms with E-state index in [1.165, 1.54) is 66.8 Å². The van der Waals surface area contributed by atoms with E-state index in [-0.39, 0.29) is 32.1 Å². The molecule has 8 rings (SSSR count). The molecule has 2 heterocycles. The first-order valence-electron chi connectivity index (χ1n) is 19.8. The average Bonchev–Trinajstić information content (AvgIpc) is 4.01. The number of hydrogen-bond donors (Lipinski definition) is 0. The van der Waals surface area contributed by atoms with E-state index in [0.717, 1.165) is 57.2 Å². The molecule has 6 aromatic rings. The van der Waals surface area contributed by atoms with Crippen molar-refractivity contribution in [3.63, 3.8) is 0 Å². The number of benzene rings is 4. The van der Waals surface area contributed by atoms with Crippen molar-refractivity contribution in [2.75, 3.05) is 28.4 Å². The summed E-state index contributed by atoms with van der Waals surface area (Å²) in [6.07, 6.45) is 4.92. The standard InChI is InChI=1S/2C24H23O3.C2H6Si.2ClH.Zr/c2*1-14-8-17-9-18(23-7-6-15(2)27-23)12-22(17)24(16(14)3)19-10-20(25-4)13-21(11-19)26-5;1-3-2;;;/h2*6-13H,1-5H3;1-2H3;2*1H;/q;;;;;+2/p-2. The molecule has 0 amide bonds. The molecule has 0 saturated carbocycles. The van der Waals surface area contributed by atoms with E-state index in [1.807, 2.05) is 26.0 Å². The van der Waals surface area contributed by atoms with Crippen LogP contribution >= 0.6 is 0 Å². The summed E-state index contributed by atoms with van der Waals surface area (Å²) in [7, 11) is 6.87. The molecular weight excluding hydrogens is 887 g/mol. The van der Waals surface area contributed by atoms with Crippen LogP contribution in [0.4, 0.5) is 0 Å². The maximum absolute atomic E-state index is 6.62. The van der Waals surface area contributed by atoms with E-state index >= 15 is 0 Å². The van der Waals surface area contributed by atoms with Gasteiger partial charge in [0, 0.05) is 0 Å². The normalized spacial score (nSPS) is 14.8. The molecule has 2 aromatic heterocycles. The van der Waals surface area contributed by atoms with Gasteiger partial charge in [-0.05, 0) is 0 Å². The second-order valence-electron chi connectivity index (χ2n) is 15.9. The summed E-state index contributed by atoms with van der Waals surface area (Å²) in [5.41, 5.74) is 16.8. The number of halogens is 2. The third-order valence-electron chi connectivity index (χ3n) is 12.2. The SMILES string of the molecule is COc1cc(OC)cc(-c2c(C)c(C)cc3c2C=C(c2ccc(C)o2)[CH]3[Zr+2]([CH]2C(c3ccc(C)o3)=Cc3c2cc(C)c(C)c3-c2cc(OC)cc(OC)c2)=[Si](C)C)c1.[Cl-].[Cl-]. The third kappa shape index (κ3) is 7.90. The first-order valence-corrected chi connectivity index (χ1v) is 28.9. The maximum Gasteiger partial charge on any atom is -1.00 e. The van der Waals surface area contributed by atoms with Gasteiger partial charge in [-0.2, -0.15) is 0 Å². The Morgan fingerprint density at radius 3 is 1.13 bits per heavy atom. The van der Waals surface area contributed by atoms with Crippen LogP contribution in [0.2, 0.25) is 13.1 Å². The van der Waals surface area contributed by atoms with Crippen LogP contribution in [0.5, 0.6) is 23.0 Å². The molecule has 0 spiro atoms. The fourth-order valence-corrected chi connectivity index (χ4v) is 28.9. The molecule has 0 fully saturated rings. The number of aryl methyl sites for hydroxylation is 4. The Kier molecular flexibility index (Phi) is 13.6. The summed E-state index contributed by atoms with van der Waals surface area (Å²) in [5, 5.41) is 0. The molecule has 10 heteroatoms. The zero-order chi connectivity index (χ0) is 41.2. The zero-order valence-corrected chi connectivity index (χ0v) is 41.4. The number of furan rings is 2. The number of hydrogen-bond acceptors (Lipinski definition) is 6. The van der Waals surface area contributed by atoms with E-state index < -0.39 is 25.8 Å². The maximum atomic E-state index is 6.62.